The average molecular weight is 469 g/mol. The molecule has 2 atom stereocenters. The number of nitriles is 1. The van der Waals surface area contributed by atoms with Crippen molar-refractivity contribution in [2.45, 2.75) is 71.9 Å². The summed E-state index contributed by atoms with van der Waals surface area (Å²) in [5, 5.41) is 13.0. The lowest BCUT2D eigenvalue weighted by Gasteiger charge is -2.31. The van der Waals surface area contributed by atoms with E-state index in [1.165, 1.54) is 0 Å². The van der Waals surface area contributed by atoms with E-state index in [0.717, 1.165) is 11.1 Å². The number of nitrogens with one attached hydrogen (secondary N) is 1. The summed E-state index contributed by atoms with van der Waals surface area (Å²) in [7, 11) is 0. The van der Waals surface area contributed by atoms with Crippen LogP contribution < -0.4 is 5.32 Å². The molecular weight excluding hydrogens is 436 g/mol. The summed E-state index contributed by atoms with van der Waals surface area (Å²) in [4.78, 5) is 25.4. The molecule has 0 aliphatic heterocycles. The molecule has 0 aliphatic rings. The summed E-state index contributed by atoms with van der Waals surface area (Å²) in [6, 6.07) is 16.9. The quantitative estimate of drug-likeness (QED) is 0.496. The van der Waals surface area contributed by atoms with Crippen molar-refractivity contribution in [3.8, 4) is 6.07 Å². The molecule has 6 heteroatoms. The van der Waals surface area contributed by atoms with Crippen LogP contribution in [0.15, 0.2) is 48.5 Å². The first-order chi connectivity index (χ1) is 15.3. The van der Waals surface area contributed by atoms with Gasteiger partial charge in [-0.2, -0.15) is 5.26 Å². The van der Waals surface area contributed by atoms with Crippen molar-refractivity contribution in [1.82, 2.24) is 5.32 Å². The van der Waals surface area contributed by atoms with E-state index in [2.05, 4.69) is 11.4 Å². The molecule has 2 rings (SSSR count). The van der Waals surface area contributed by atoms with Crippen molar-refractivity contribution in [1.29, 1.82) is 5.26 Å². The summed E-state index contributed by atoms with van der Waals surface area (Å²) in [5.41, 5.74) is 1.02. The Balaban J connectivity index is 2.23. The van der Waals surface area contributed by atoms with E-state index in [9.17, 15) is 14.9 Å². The average Bonchev–Trinajstić information content (AvgIpc) is 2.71. The molecule has 0 radical (unpaired) electrons. The van der Waals surface area contributed by atoms with Crippen molar-refractivity contribution in [2.75, 3.05) is 0 Å². The van der Waals surface area contributed by atoms with Gasteiger partial charge in [0.05, 0.1) is 18.1 Å². The van der Waals surface area contributed by atoms with E-state index >= 15 is 0 Å². The third-order valence-corrected chi connectivity index (χ3v) is 5.62. The molecule has 33 heavy (non-hydrogen) atoms. The van der Waals surface area contributed by atoms with Crippen molar-refractivity contribution in [3.05, 3.63) is 70.2 Å². The molecule has 5 nitrogen and oxygen atoms in total. The Kier molecular flexibility index (Phi) is 8.69. The molecular formula is C27H33ClN2O3. The maximum absolute atomic E-state index is 13.1. The third kappa shape index (κ3) is 8.22. The minimum absolute atomic E-state index is 0.107. The minimum atomic E-state index is -1.31. The van der Waals surface area contributed by atoms with Crippen molar-refractivity contribution in [3.63, 3.8) is 0 Å². The molecule has 0 aliphatic carbocycles. The van der Waals surface area contributed by atoms with Gasteiger partial charge < -0.3 is 10.1 Å². The summed E-state index contributed by atoms with van der Waals surface area (Å²) >= 11 is 6.03. The number of benzene rings is 2. The molecule has 0 unspecified atom stereocenters. The lowest BCUT2D eigenvalue weighted by atomic mass is 9.85. The van der Waals surface area contributed by atoms with Gasteiger partial charge in [-0.3, -0.25) is 9.59 Å². The highest BCUT2D eigenvalue weighted by atomic mass is 35.5. The standard InChI is InChI=1S/C27H33ClN2O3/c1-18(30-25(32)27(5,6)33-24(31)16-26(2,3)4)23(15-19-10-12-22(28)13-11-19)21-9-7-8-20(14-21)17-29/h7-14,18,23H,15-16H2,1-6H3,(H,30,32)/t18-,23+/m0/s1. The first kappa shape index (κ1) is 26.4. The minimum Gasteiger partial charge on any atom is -0.450 e. The van der Waals surface area contributed by atoms with Crippen LogP contribution in [0.25, 0.3) is 0 Å². The fourth-order valence-corrected chi connectivity index (χ4v) is 3.70. The second-order valence-corrected chi connectivity index (χ2v) is 10.6. The first-order valence-corrected chi connectivity index (χ1v) is 11.5. The Morgan fingerprint density at radius 3 is 2.30 bits per heavy atom. The molecule has 1 N–H and O–H groups in total. The Morgan fingerprint density at radius 2 is 1.73 bits per heavy atom. The molecule has 0 spiro atoms. The second-order valence-electron chi connectivity index (χ2n) is 10.2. The van der Waals surface area contributed by atoms with Gasteiger partial charge in [0.2, 0.25) is 0 Å². The number of hydrogen-bond donors (Lipinski definition) is 1. The lowest BCUT2D eigenvalue weighted by molar-refractivity contribution is -0.166. The maximum Gasteiger partial charge on any atom is 0.307 e. The van der Waals surface area contributed by atoms with Crippen LogP contribution in [0.1, 0.15) is 70.6 Å². The van der Waals surface area contributed by atoms with Gasteiger partial charge in [0.1, 0.15) is 0 Å². The molecule has 176 valence electrons. The number of carbonyl (C=O) groups excluding carboxylic acids is 2. The van der Waals surface area contributed by atoms with Gasteiger partial charge in [0.25, 0.3) is 5.91 Å². The van der Waals surface area contributed by atoms with E-state index in [1.807, 2.05) is 70.2 Å². The van der Waals surface area contributed by atoms with Crippen LogP contribution in [0.4, 0.5) is 0 Å². The number of halogens is 1. The first-order valence-electron chi connectivity index (χ1n) is 11.1. The zero-order chi connectivity index (χ0) is 24.8. The van der Waals surface area contributed by atoms with Crippen LogP contribution >= 0.6 is 11.6 Å². The normalized spacial score (nSPS) is 13.5. The van der Waals surface area contributed by atoms with E-state index < -0.39 is 11.6 Å². The second kappa shape index (κ2) is 10.9. The van der Waals surface area contributed by atoms with E-state index in [4.69, 9.17) is 16.3 Å². The molecule has 0 heterocycles. The van der Waals surface area contributed by atoms with Crippen LogP contribution in [0.5, 0.6) is 0 Å². The molecule has 2 aromatic rings. The smallest absolute Gasteiger partial charge is 0.307 e. The van der Waals surface area contributed by atoms with Crippen molar-refractivity contribution < 1.29 is 14.3 Å². The largest absolute Gasteiger partial charge is 0.450 e. The molecule has 1 amide bonds. The predicted molar refractivity (Wildman–Crippen MR) is 131 cm³/mol. The number of esters is 1. The zero-order valence-electron chi connectivity index (χ0n) is 20.2. The number of rotatable bonds is 8. The molecule has 0 aromatic heterocycles. The van der Waals surface area contributed by atoms with E-state index in [-0.39, 0.29) is 29.7 Å². The van der Waals surface area contributed by atoms with Gasteiger partial charge in [0.15, 0.2) is 5.60 Å². The fourth-order valence-electron chi connectivity index (χ4n) is 3.58. The highest BCUT2D eigenvalue weighted by Crippen LogP contribution is 2.27. The van der Waals surface area contributed by atoms with Gasteiger partial charge in [-0.15, -0.1) is 0 Å². The maximum atomic E-state index is 13.1. The van der Waals surface area contributed by atoms with Crippen molar-refractivity contribution >= 4 is 23.5 Å². The molecule has 0 bridgehead atoms. The van der Waals surface area contributed by atoms with Crippen LogP contribution in [0.2, 0.25) is 5.02 Å². The Morgan fingerprint density at radius 1 is 1.09 bits per heavy atom. The molecule has 0 fully saturated rings. The van der Waals surface area contributed by atoms with E-state index in [0.29, 0.717) is 17.0 Å². The molecule has 2 aromatic carbocycles. The third-order valence-electron chi connectivity index (χ3n) is 5.37. The Bertz CT molecular complexity index is 1020. The van der Waals surface area contributed by atoms with Crippen LogP contribution in [0.3, 0.4) is 0 Å². The predicted octanol–water partition coefficient (Wildman–Crippen LogP) is 5.80. The van der Waals surface area contributed by atoms with Crippen LogP contribution in [-0.2, 0) is 20.7 Å². The van der Waals surface area contributed by atoms with Gasteiger partial charge in [-0.25, -0.2) is 0 Å². The number of ether oxygens (including phenoxy) is 1. The number of hydrogen-bond acceptors (Lipinski definition) is 4. The summed E-state index contributed by atoms with van der Waals surface area (Å²) < 4.78 is 5.52. The highest BCUT2D eigenvalue weighted by molar-refractivity contribution is 6.30. The SMILES string of the molecule is C[C@H](NC(=O)C(C)(C)OC(=O)CC(C)(C)C)[C@@H](Cc1ccc(Cl)cc1)c1cccc(C#N)c1. The van der Waals surface area contributed by atoms with Gasteiger partial charge in [0, 0.05) is 17.0 Å². The van der Waals surface area contributed by atoms with Crippen molar-refractivity contribution in [2.24, 2.45) is 5.41 Å². The molecule has 0 saturated carbocycles. The molecule has 0 saturated heterocycles. The van der Waals surface area contributed by atoms with Crippen LogP contribution in [0, 0.1) is 16.7 Å². The highest BCUT2D eigenvalue weighted by Gasteiger charge is 2.35. The monoisotopic (exact) mass is 468 g/mol. The van der Waals surface area contributed by atoms with E-state index in [1.54, 1.807) is 19.9 Å². The summed E-state index contributed by atoms with van der Waals surface area (Å²) in [6.07, 6.45) is 0.858. The number of nitrogens with zero attached hydrogens (tertiary/aromatic N) is 1. The number of carbonyl (C=O) groups is 2. The van der Waals surface area contributed by atoms with Gasteiger partial charge in [-0.1, -0.05) is 56.6 Å². The van der Waals surface area contributed by atoms with Crippen LogP contribution in [-0.4, -0.2) is 23.5 Å². The lowest BCUT2D eigenvalue weighted by Crippen LogP contribution is -2.50. The Hall–Kier alpha value is -2.84. The summed E-state index contributed by atoms with van der Waals surface area (Å²) in [5.74, 6) is -0.881. The van der Waals surface area contributed by atoms with Gasteiger partial charge >= 0.3 is 5.97 Å². The number of amides is 1. The topological polar surface area (TPSA) is 79.2 Å². The zero-order valence-corrected chi connectivity index (χ0v) is 21.0. The van der Waals surface area contributed by atoms with Gasteiger partial charge in [-0.05, 0) is 68.0 Å². The summed E-state index contributed by atoms with van der Waals surface area (Å²) in [6.45, 7) is 10.9. The fraction of sp³-hybridized carbons (Fsp3) is 0.444. The Labute approximate surface area is 202 Å².